The molecule has 1 atom stereocenters. The van der Waals surface area contributed by atoms with E-state index in [4.69, 9.17) is 0 Å². The molecule has 0 aliphatic rings. The van der Waals surface area contributed by atoms with Gasteiger partial charge in [0.2, 0.25) is 0 Å². The van der Waals surface area contributed by atoms with Crippen LogP contribution in [0.15, 0.2) is 11.4 Å². The monoisotopic (exact) mass is 248 g/mol. The van der Waals surface area contributed by atoms with E-state index in [1.165, 1.54) is 0 Å². The third kappa shape index (κ3) is 4.50. The fourth-order valence-electron chi connectivity index (χ4n) is 1.000. The van der Waals surface area contributed by atoms with E-state index in [2.05, 4.69) is 5.32 Å². The van der Waals surface area contributed by atoms with Crippen LogP contribution in [0.25, 0.3) is 0 Å². The molecule has 0 amide bonds. The summed E-state index contributed by atoms with van der Waals surface area (Å²) in [7, 11) is -0.794. The highest BCUT2D eigenvalue weighted by molar-refractivity contribution is 7.84. The summed E-state index contributed by atoms with van der Waals surface area (Å²) < 4.78 is 10.7. The molecule has 0 radical (unpaired) electrons. The van der Waals surface area contributed by atoms with Gasteiger partial charge in [0.15, 0.2) is 0 Å². The van der Waals surface area contributed by atoms with Crippen LogP contribution in [0.3, 0.4) is 0 Å². The molecule has 1 aromatic heterocycles. The second-order valence-corrected chi connectivity index (χ2v) is 5.45. The van der Waals surface area contributed by atoms with Crippen LogP contribution in [0.2, 0.25) is 0 Å². The summed E-state index contributed by atoms with van der Waals surface area (Å²) in [5, 5.41) is 15.4. The maximum atomic E-state index is 10.7. The molecule has 0 bridgehead atoms. The standard InChI is InChI=1S/C8H12N2O3S2/c1-15(13)3-2-9-5-7-4-8(10(11)12)14-6-7/h4,6,9H,2-3,5H2,1H3. The van der Waals surface area contributed by atoms with Crippen LogP contribution in [-0.2, 0) is 17.3 Å². The van der Waals surface area contributed by atoms with Crippen LogP contribution < -0.4 is 5.32 Å². The van der Waals surface area contributed by atoms with Gasteiger partial charge in [-0.25, -0.2) is 0 Å². The molecule has 0 aliphatic heterocycles. The van der Waals surface area contributed by atoms with Crippen LogP contribution in [0.5, 0.6) is 0 Å². The first-order valence-electron chi connectivity index (χ1n) is 4.32. The maximum Gasteiger partial charge on any atom is 0.324 e. The first-order valence-corrected chi connectivity index (χ1v) is 6.93. The highest BCUT2D eigenvalue weighted by Crippen LogP contribution is 2.22. The van der Waals surface area contributed by atoms with E-state index in [1.807, 2.05) is 0 Å². The number of nitro groups is 1. The zero-order chi connectivity index (χ0) is 11.3. The topological polar surface area (TPSA) is 72.2 Å². The molecule has 1 N–H and O–H groups in total. The average molecular weight is 248 g/mol. The van der Waals surface area contributed by atoms with Crippen LogP contribution in [0.4, 0.5) is 5.00 Å². The number of hydrogen-bond acceptors (Lipinski definition) is 5. The molecular formula is C8H12N2O3S2. The second kappa shape index (κ2) is 5.94. The van der Waals surface area contributed by atoms with E-state index in [1.54, 1.807) is 17.7 Å². The zero-order valence-electron chi connectivity index (χ0n) is 8.26. The third-order valence-electron chi connectivity index (χ3n) is 1.72. The molecule has 7 heteroatoms. The van der Waals surface area contributed by atoms with E-state index >= 15 is 0 Å². The van der Waals surface area contributed by atoms with Gasteiger partial charge in [0.05, 0.1) is 4.92 Å². The Balaban J connectivity index is 2.31. The van der Waals surface area contributed by atoms with Crippen molar-refractivity contribution in [1.29, 1.82) is 0 Å². The Bertz CT molecular complexity index is 365. The molecule has 1 aromatic rings. The largest absolute Gasteiger partial charge is 0.324 e. The van der Waals surface area contributed by atoms with Gasteiger partial charge in [-0.3, -0.25) is 14.3 Å². The minimum absolute atomic E-state index is 0.158. The summed E-state index contributed by atoms with van der Waals surface area (Å²) in [5.41, 5.74) is 0.897. The smallest absolute Gasteiger partial charge is 0.312 e. The molecule has 1 unspecified atom stereocenters. The predicted octanol–water partition coefficient (Wildman–Crippen LogP) is 1.12. The average Bonchev–Trinajstić information content (AvgIpc) is 2.60. The van der Waals surface area contributed by atoms with Crippen molar-refractivity contribution in [3.8, 4) is 0 Å². The van der Waals surface area contributed by atoms with E-state index in [0.717, 1.165) is 16.9 Å². The first-order chi connectivity index (χ1) is 7.09. The molecule has 0 saturated carbocycles. The van der Waals surface area contributed by atoms with Crippen molar-refractivity contribution < 1.29 is 9.13 Å². The van der Waals surface area contributed by atoms with Gasteiger partial charge in [0.25, 0.3) is 0 Å². The Labute approximate surface area is 94.1 Å². The van der Waals surface area contributed by atoms with Crippen LogP contribution in [-0.4, -0.2) is 27.7 Å². The summed E-state index contributed by atoms with van der Waals surface area (Å²) in [6, 6.07) is 1.56. The minimum atomic E-state index is -0.794. The zero-order valence-corrected chi connectivity index (χ0v) is 9.90. The summed E-state index contributed by atoms with van der Waals surface area (Å²) in [5.74, 6) is 0.603. The summed E-state index contributed by atoms with van der Waals surface area (Å²) in [6.07, 6.45) is 1.65. The van der Waals surface area contributed by atoms with Gasteiger partial charge in [0.1, 0.15) is 0 Å². The van der Waals surface area contributed by atoms with Crippen LogP contribution >= 0.6 is 11.3 Å². The lowest BCUT2D eigenvalue weighted by atomic mass is 10.3. The Hall–Kier alpha value is -0.790. The molecule has 1 rings (SSSR count). The highest BCUT2D eigenvalue weighted by atomic mass is 32.2. The SMILES string of the molecule is CS(=O)CCNCc1csc([N+](=O)[O-])c1. The van der Waals surface area contributed by atoms with Gasteiger partial charge < -0.3 is 5.32 Å². The van der Waals surface area contributed by atoms with Gasteiger partial charge in [-0.15, -0.1) is 0 Å². The molecule has 0 fully saturated rings. The maximum absolute atomic E-state index is 10.7. The fourth-order valence-corrected chi connectivity index (χ4v) is 2.16. The van der Waals surface area contributed by atoms with Gasteiger partial charge in [-0.1, -0.05) is 11.3 Å². The number of hydrogen-bond donors (Lipinski definition) is 1. The van der Waals surface area contributed by atoms with Gasteiger partial charge in [-0.05, 0) is 5.56 Å². The fraction of sp³-hybridized carbons (Fsp3) is 0.500. The number of nitrogens with zero attached hydrogens (tertiary/aromatic N) is 1. The van der Waals surface area contributed by atoms with Crippen LogP contribution in [0.1, 0.15) is 5.56 Å². The Morgan fingerprint density at radius 1 is 1.67 bits per heavy atom. The molecule has 5 nitrogen and oxygen atoms in total. The summed E-state index contributed by atoms with van der Waals surface area (Å²) in [6.45, 7) is 1.24. The molecule has 0 spiro atoms. The van der Waals surface area contributed by atoms with E-state index < -0.39 is 15.7 Å². The van der Waals surface area contributed by atoms with Crippen molar-refractivity contribution in [1.82, 2.24) is 5.32 Å². The first kappa shape index (κ1) is 12.3. The van der Waals surface area contributed by atoms with Gasteiger partial charge in [0, 0.05) is 47.3 Å². The lowest BCUT2D eigenvalue weighted by Gasteiger charge is -1.99. The number of nitrogens with one attached hydrogen (secondary N) is 1. The predicted molar refractivity (Wildman–Crippen MR) is 61.6 cm³/mol. The quantitative estimate of drug-likeness (QED) is 0.465. The van der Waals surface area contributed by atoms with Crippen molar-refractivity contribution in [3.63, 3.8) is 0 Å². The molecule has 0 aliphatic carbocycles. The van der Waals surface area contributed by atoms with Crippen molar-refractivity contribution in [2.24, 2.45) is 0 Å². The summed E-state index contributed by atoms with van der Waals surface area (Å²) >= 11 is 1.12. The third-order valence-corrected chi connectivity index (χ3v) is 3.42. The van der Waals surface area contributed by atoms with E-state index in [-0.39, 0.29) is 5.00 Å². The van der Waals surface area contributed by atoms with Crippen molar-refractivity contribution in [3.05, 3.63) is 27.1 Å². The molecule has 15 heavy (non-hydrogen) atoms. The minimum Gasteiger partial charge on any atom is -0.312 e. The number of thiophene rings is 1. The van der Waals surface area contributed by atoms with Crippen molar-refractivity contribution in [2.75, 3.05) is 18.6 Å². The Kier molecular flexibility index (Phi) is 4.86. The molecule has 1 heterocycles. The lowest BCUT2D eigenvalue weighted by Crippen LogP contribution is -2.19. The lowest BCUT2D eigenvalue weighted by molar-refractivity contribution is -0.380. The molecule has 0 saturated heterocycles. The molecular weight excluding hydrogens is 236 g/mol. The second-order valence-electron chi connectivity index (χ2n) is 3.00. The van der Waals surface area contributed by atoms with Gasteiger partial charge in [-0.2, -0.15) is 0 Å². The molecule has 84 valence electrons. The van der Waals surface area contributed by atoms with E-state index in [0.29, 0.717) is 18.8 Å². The van der Waals surface area contributed by atoms with Crippen LogP contribution in [0, 0.1) is 10.1 Å². The van der Waals surface area contributed by atoms with Gasteiger partial charge >= 0.3 is 5.00 Å². The number of rotatable bonds is 6. The van der Waals surface area contributed by atoms with E-state index in [9.17, 15) is 14.3 Å². The highest BCUT2D eigenvalue weighted by Gasteiger charge is 2.08. The Morgan fingerprint density at radius 2 is 2.40 bits per heavy atom. The Morgan fingerprint density at radius 3 is 2.93 bits per heavy atom. The molecule has 0 aromatic carbocycles. The van der Waals surface area contributed by atoms with Crippen molar-refractivity contribution in [2.45, 2.75) is 6.54 Å². The normalized spacial score (nSPS) is 12.6. The van der Waals surface area contributed by atoms with Crippen molar-refractivity contribution >= 4 is 27.1 Å². The summed E-state index contributed by atoms with van der Waals surface area (Å²) in [4.78, 5) is 10.00.